The van der Waals surface area contributed by atoms with E-state index in [0.717, 1.165) is 0 Å². The van der Waals surface area contributed by atoms with Crippen LogP contribution in [0.2, 0.25) is 0 Å². The molecule has 0 spiro atoms. The first-order chi connectivity index (χ1) is 6.88. The van der Waals surface area contributed by atoms with Gasteiger partial charge in [0.25, 0.3) is 0 Å². The molecule has 4 N–H and O–H groups in total. The molecule has 0 radical (unpaired) electrons. The van der Waals surface area contributed by atoms with Gasteiger partial charge in [-0.15, -0.1) is 0 Å². The molecule has 0 aliphatic carbocycles. The average Bonchev–Trinajstić information content (AvgIpc) is 2.11. The van der Waals surface area contributed by atoms with Gasteiger partial charge in [0, 0.05) is 20.2 Å². The molecule has 92 valence electrons. The molecule has 15 heavy (non-hydrogen) atoms. The Kier molecular flexibility index (Phi) is 6.98. The van der Waals surface area contributed by atoms with E-state index in [-0.39, 0.29) is 13.2 Å². The summed E-state index contributed by atoms with van der Waals surface area (Å²) in [6.07, 6.45) is -0.282. The van der Waals surface area contributed by atoms with Gasteiger partial charge in [-0.3, -0.25) is 4.55 Å². The molecule has 0 rings (SSSR count). The smallest absolute Gasteiger partial charge is 0.335 e. The minimum absolute atomic E-state index is 0.0138. The quantitative estimate of drug-likeness (QED) is 0.351. The zero-order valence-corrected chi connectivity index (χ0v) is 9.48. The maximum Gasteiger partial charge on any atom is 0.335 e. The van der Waals surface area contributed by atoms with Gasteiger partial charge in [0.15, 0.2) is 0 Å². The molecule has 0 bridgehead atoms. The van der Waals surface area contributed by atoms with Gasteiger partial charge in [-0.25, -0.2) is 0 Å². The van der Waals surface area contributed by atoms with Crippen molar-refractivity contribution in [2.45, 2.75) is 12.5 Å². The first kappa shape index (κ1) is 14.8. The fraction of sp³-hybridized carbons (Fsp3) is 1.00. The van der Waals surface area contributed by atoms with Crippen molar-refractivity contribution in [3.8, 4) is 0 Å². The zero-order chi connectivity index (χ0) is 11.9. The first-order valence-corrected chi connectivity index (χ1v) is 5.92. The molecule has 0 heterocycles. The Morgan fingerprint density at radius 3 is 2.60 bits per heavy atom. The molecule has 0 aliphatic heterocycles. The van der Waals surface area contributed by atoms with Gasteiger partial charge in [-0.2, -0.15) is 12.7 Å². The number of hydrogen-bond donors (Lipinski definition) is 3. The van der Waals surface area contributed by atoms with Crippen LogP contribution < -0.4 is 5.73 Å². The fourth-order valence-corrected chi connectivity index (χ4v) is 1.21. The third kappa shape index (κ3) is 7.65. The summed E-state index contributed by atoms with van der Waals surface area (Å²) in [5.74, 6) is 0. The van der Waals surface area contributed by atoms with E-state index in [1.807, 2.05) is 0 Å². The highest BCUT2D eigenvalue weighted by molar-refractivity contribution is 7.83. The number of aliphatic hydroxyl groups is 1. The van der Waals surface area contributed by atoms with Gasteiger partial charge in [0.1, 0.15) is 0 Å². The molecule has 0 aliphatic rings. The molecule has 8 heteroatoms. The second-order valence-corrected chi connectivity index (χ2v) is 4.65. The van der Waals surface area contributed by atoms with E-state index < -0.39 is 16.4 Å². The minimum Gasteiger partial charge on any atom is -0.389 e. The lowest BCUT2D eigenvalue weighted by atomic mass is 10.4. The Labute approximate surface area is 89.7 Å². The van der Waals surface area contributed by atoms with Crippen molar-refractivity contribution in [1.29, 1.82) is 0 Å². The predicted molar refractivity (Wildman–Crippen MR) is 54.7 cm³/mol. The lowest BCUT2D eigenvalue weighted by molar-refractivity contribution is 0.0289. The monoisotopic (exact) mass is 242 g/mol. The number of hydrogen-bond acceptors (Lipinski definition) is 5. The highest BCUT2D eigenvalue weighted by atomic mass is 32.2. The van der Waals surface area contributed by atoms with Gasteiger partial charge >= 0.3 is 10.3 Å². The number of nitrogens with two attached hydrogens (primary N) is 1. The molecular weight excluding hydrogens is 224 g/mol. The van der Waals surface area contributed by atoms with Crippen LogP contribution in [-0.4, -0.2) is 61.8 Å². The lowest BCUT2D eigenvalue weighted by Gasteiger charge is -2.17. The topological polar surface area (TPSA) is 113 Å². The molecule has 0 saturated heterocycles. The summed E-state index contributed by atoms with van der Waals surface area (Å²) in [4.78, 5) is 0. The average molecular weight is 242 g/mol. The van der Waals surface area contributed by atoms with Crippen LogP contribution in [0, 0.1) is 0 Å². The number of aliphatic hydroxyl groups excluding tert-OH is 1. The van der Waals surface area contributed by atoms with Crippen LogP contribution in [-0.2, 0) is 15.0 Å². The SMILES string of the molecule is CN(CC(O)COCCCN)S(=O)(=O)O. The second-order valence-electron chi connectivity index (χ2n) is 3.13. The molecular formula is C7H18N2O5S. The van der Waals surface area contributed by atoms with Crippen molar-refractivity contribution in [3.63, 3.8) is 0 Å². The van der Waals surface area contributed by atoms with Gasteiger partial charge in [0.05, 0.1) is 12.7 Å². The van der Waals surface area contributed by atoms with Crippen molar-refractivity contribution in [3.05, 3.63) is 0 Å². The summed E-state index contributed by atoms with van der Waals surface area (Å²) in [5, 5.41) is 9.31. The van der Waals surface area contributed by atoms with Crippen molar-refractivity contribution < 1.29 is 22.8 Å². The van der Waals surface area contributed by atoms with E-state index in [2.05, 4.69) is 0 Å². The number of likely N-dealkylation sites (N-methyl/N-ethyl adjacent to an activating group) is 1. The molecule has 7 nitrogen and oxygen atoms in total. The molecule has 1 unspecified atom stereocenters. The van der Waals surface area contributed by atoms with Crippen LogP contribution in [0.3, 0.4) is 0 Å². The van der Waals surface area contributed by atoms with Crippen LogP contribution in [0.4, 0.5) is 0 Å². The van der Waals surface area contributed by atoms with Gasteiger partial charge in [-0.1, -0.05) is 0 Å². The van der Waals surface area contributed by atoms with Crippen molar-refractivity contribution in [1.82, 2.24) is 4.31 Å². The maximum absolute atomic E-state index is 10.6. The maximum atomic E-state index is 10.6. The van der Waals surface area contributed by atoms with Crippen LogP contribution in [0.15, 0.2) is 0 Å². The van der Waals surface area contributed by atoms with E-state index in [9.17, 15) is 13.5 Å². The summed E-state index contributed by atoms with van der Waals surface area (Å²) in [7, 11) is -3.07. The van der Waals surface area contributed by atoms with Gasteiger partial charge in [0.2, 0.25) is 0 Å². The minimum atomic E-state index is -4.24. The third-order valence-electron chi connectivity index (χ3n) is 1.66. The van der Waals surface area contributed by atoms with E-state index >= 15 is 0 Å². The molecule has 0 amide bonds. The van der Waals surface area contributed by atoms with Crippen LogP contribution in [0.1, 0.15) is 6.42 Å². The van der Waals surface area contributed by atoms with Gasteiger partial charge in [-0.05, 0) is 13.0 Å². The summed E-state index contributed by atoms with van der Waals surface area (Å²) in [6.45, 7) is 0.728. The van der Waals surface area contributed by atoms with E-state index in [1.165, 1.54) is 7.05 Å². The standard InChI is InChI=1S/C7H18N2O5S/c1-9(15(11,12)13)5-7(10)6-14-4-2-3-8/h7,10H,2-6,8H2,1H3,(H,11,12,13). The Morgan fingerprint density at radius 1 is 1.53 bits per heavy atom. The normalized spacial score (nSPS) is 14.5. The van der Waals surface area contributed by atoms with Crippen molar-refractivity contribution >= 4 is 10.3 Å². The zero-order valence-electron chi connectivity index (χ0n) is 8.66. The lowest BCUT2D eigenvalue weighted by Crippen LogP contribution is -2.36. The predicted octanol–water partition coefficient (Wildman–Crippen LogP) is -1.55. The number of rotatable bonds is 8. The molecule has 0 aromatic rings. The summed E-state index contributed by atoms with van der Waals surface area (Å²) in [5.41, 5.74) is 5.22. The molecule has 0 fully saturated rings. The molecule has 1 atom stereocenters. The Hall–Kier alpha value is -0.250. The van der Waals surface area contributed by atoms with E-state index in [1.54, 1.807) is 0 Å². The molecule has 0 saturated carbocycles. The Balaban J connectivity index is 3.70. The number of ether oxygens (including phenoxy) is 1. The summed E-state index contributed by atoms with van der Waals surface area (Å²) < 4.78 is 35.3. The van der Waals surface area contributed by atoms with E-state index in [0.29, 0.717) is 23.9 Å². The summed E-state index contributed by atoms with van der Waals surface area (Å²) >= 11 is 0. The van der Waals surface area contributed by atoms with Crippen molar-refractivity contribution in [2.75, 3.05) is 33.4 Å². The summed E-state index contributed by atoms with van der Waals surface area (Å²) in [6, 6.07) is 0. The first-order valence-electron chi connectivity index (χ1n) is 4.52. The Morgan fingerprint density at radius 2 is 2.13 bits per heavy atom. The van der Waals surface area contributed by atoms with Crippen LogP contribution in [0.25, 0.3) is 0 Å². The van der Waals surface area contributed by atoms with Crippen LogP contribution >= 0.6 is 0 Å². The highest BCUT2D eigenvalue weighted by Gasteiger charge is 2.17. The second kappa shape index (κ2) is 7.09. The van der Waals surface area contributed by atoms with E-state index in [4.69, 9.17) is 15.0 Å². The number of nitrogens with zero attached hydrogens (tertiary/aromatic N) is 1. The molecule has 0 aromatic heterocycles. The third-order valence-corrected chi connectivity index (χ3v) is 2.60. The Bertz CT molecular complexity index is 256. The van der Waals surface area contributed by atoms with Gasteiger partial charge < -0.3 is 15.6 Å². The molecule has 0 aromatic carbocycles. The highest BCUT2D eigenvalue weighted by Crippen LogP contribution is 1.96. The van der Waals surface area contributed by atoms with Crippen LogP contribution in [0.5, 0.6) is 0 Å². The van der Waals surface area contributed by atoms with Crippen molar-refractivity contribution in [2.24, 2.45) is 5.73 Å². The largest absolute Gasteiger partial charge is 0.389 e. The fourth-order valence-electron chi connectivity index (χ4n) is 0.848.